The molecule has 0 spiro atoms. The van der Waals surface area contributed by atoms with Crippen LogP contribution in [0.25, 0.3) is 10.2 Å². The van der Waals surface area contributed by atoms with E-state index >= 15 is 0 Å². The maximum Gasteiger partial charge on any atom is 0.313 e. The minimum atomic E-state index is -0.703. The van der Waals surface area contributed by atoms with Crippen LogP contribution in [-0.2, 0) is 32.3 Å². The predicted octanol–water partition coefficient (Wildman–Crippen LogP) is 3.65. The van der Waals surface area contributed by atoms with Gasteiger partial charge in [-0.3, -0.25) is 9.59 Å². The van der Waals surface area contributed by atoms with Gasteiger partial charge in [-0.2, -0.15) is 0 Å². The van der Waals surface area contributed by atoms with E-state index < -0.39 is 11.8 Å². The van der Waals surface area contributed by atoms with Crippen LogP contribution in [-0.4, -0.2) is 45.9 Å². The number of nitrogens with zero attached hydrogens (tertiary/aromatic N) is 3. The third kappa shape index (κ3) is 4.61. The molecule has 2 atom stereocenters. The van der Waals surface area contributed by atoms with Gasteiger partial charge in [0.05, 0.1) is 46.9 Å². The minimum absolute atomic E-state index is 0.156. The van der Waals surface area contributed by atoms with Crippen molar-refractivity contribution in [3.8, 4) is 0 Å². The second-order valence-corrected chi connectivity index (χ2v) is 10.0. The zero-order valence-corrected chi connectivity index (χ0v) is 20.6. The summed E-state index contributed by atoms with van der Waals surface area (Å²) in [7, 11) is 0. The largest absolute Gasteiger partial charge is 0.383 e. The van der Waals surface area contributed by atoms with E-state index in [1.165, 1.54) is 6.20 Å². The lowest BCUT2D eigenvalue weighted by Gasteiger charge is -2.40. The molecule has 2 amide bonds. The normalized spacial score (nSPS) is 17.7. The highest BCUT2D eigenvalue weighted by Crippen LogP contribution is 2.33. The lowest BCUT2D eigenvalue weighted by atomic mass is 9.90. The van der Waals surface area contributed by atoms with Crippen LogP contribution in [0.15, 0.2) is 29.9 Å². The number of aromatic nitrogens is 2. The molecule has 9 nitrogen and oxygen atoms in total. The van der Waals surface area contributed by atoms with Crippen molar-refractivity contribution >= 4 is 44.9 Å². The third-order valence-electron chi connectivity index (χ3n) is 7.14. The average Bonchev–Trinajstić information content (AvgIpc) is 3.56. The number of amides is 2. The van der Waals surface area contributed by atoms with Gasteiger partial charge >= 0.3 is 11.8 Å². The monoisotopic (exact) mass is 495 g/mol. The minimum Gasteiger partial charge on any atom is -0.383 e. The molecule has 1 aromatic carbocycles. The summed E-state index contributed by atoms with van der Waals surface area (Å²) in [6.07, 6.45) is 3.17. The van der Waals surface area contributed by atoms with Crippen molar-refractivity contribution in [2.75, 3.05) is 24.3 Å². The Balaban J connectivity index is 1.44. The van der Waals surface area contributed by atoms with Crippen molar-refractivity contribution in [1.82, 2.24) is 14.9 Å². The zero-order valence-electron chi connectivity index (χ0n) is 19.8. The van der Waals surface area contributed by atoms with Crippen LogP contribution in [0, 0.1) is 5.92 Å². The first-order chi connectivity index (χ1) is 16.9. The molecule has 35 heavy (non-hydrogen) atoms. The maximum atomic E-state index is 13.7. The molecule has 4 heterocycles. The summed E-state index contributed by atoms with van der Waals surface area (Å²) in [6.45, 7) is 5.96. The zero-order chi connectivity index (χ0) is 24.5. The van der Waals surface area contributed by atoms with Crippen LogP contribution in [0.3, 0.4) is 0 Å². The van der Waals surface area contributed by atoms with Gasteiger partial charge in [0.25, 0.3) is 0 Å². The number of nitrogens with two attached hydrogens (primary N) is 1. The summed E-state index contributed by atoms with van der Waals surface area (Å²) in [5.74, 6) is -0.671. The van der Waals surface area contributed by atoms with Gasteiger partial charge in [0, 0.05) is 30.4 Å². The average molecular weight is 496 g/mol. The molecule has 0 saturated carbocycles. The van der Waals surface area contributed by atoms with E-state index in [9.17, 15) is 9.59 Å². The number of nitrogen functional groups attached to an aromatic ring is 1. The van der Waals surface area contributed by atoms with Crippen molar-refractivity contribution in [2.45, 2.75) is 52.0 Å². The summed E-state index contributed by atoms with van der Waals surface area (Å²) in [4.78, 5) is 37.3. The molecule has 5 rings (SSSR count). The molecular formula is C25H29N5O4S. The number of rotatable bonds is 5. The number of fused-ring (bicyclic) bond motifs is 2. The van der Waals surface area contributed by atoms with Crippen LogP contribution >= 0.6 is 11.3 Å². The quantitative estimate of drug-likeness (QED) is 0.519. The first-order valence-corrected chi connectivity index (χ1v) is 12.7. The fourth-order valence-corrected chi connectivity index (χ4v) is 5.68. The molecule has 0 aliphatic carbocycles. The summed E-state index contributed by atoms with van der Waals surface area (Å²) in [6, 6.07) is 5.55. The summed E-state index contributed by atoms with van der Waals surface area (Å²) in [5, 5.41) is 2.78. The number of hydrogen-bond acceptors (Lipinski definition) is 8. The standard InChI is InChI=1S/C25H29N5O4S/c1-14(16-5-7-33-8-6-16)30(15(2)17-3-4-22-20(9-17)28-13-35-22)25(32)24(31)29-21-10-27-23(26)19-12-34-11-18(19)21/h3-4,9-10,13-16H,5-8,11-12H2,1-2H3,(H2,26,27)(H,29,31). The van der Waals surface area contributed by atoms with Crippen LogP contribution in [0.5, 0.6) is 0 Å². The molecule has 184 valence electrons. The number of ether oxygens (including phenoxy) is 2. The number of carbonyl (C=O) groups excluding carboxylic acids is 2. The molecule has 1 saturated heterocycles. The molecular weight excluding hydrogens is 466 g/mol. The van der Waals surface area contributed by atoms with Crippen molar-refractivity contribution in [2.24, 2.45) is 5.92 Å². The van der Waals surface area contributed by atoms with Crippen LogP contribution in [0.4, 0.5) is 11.5 Å². The Morgan fingerprint density at radius 2 is 1.91 bits per heavy atom. The lowest BCUT2D eigenvalue weighted by molar-refractivity contribution is -0.148. The van der Waals surface area contributed by atoms with Crippen LogP contribution < -0.4 is 11.1 Å². The van der Waals surface area contributed by atoms with Gasteiger partial charge in [-0.25, -0.2) is 9.97 Å². The highest BCUT2D eigenvalue weighted by atomic mass is 32.1. The summed E-state index contributed by atoms with van der Waals surface area (Å²) >= 11 is 1.57. The Morgan fingerprint density at radius 3 is 2.71 bits per heavy atom. The topological polar surface area (TPSA) is 120 Å². The number of pyridine rings is 1. The van der Waals surface area contributed by atoms with Gasteiger partial charge in [-0.1, -0.05) is 6.07 Å². The fourth-order valence-electron chi connectivity index (χ4n) is 5.02. The number of benzene rings is 1. The Bertz CT molecular complexity index is 1260. The van der Waals surface area contributed by atoms with Gasteiger partial charge in [-0.05, 0) is 50.3 Å². The smallest absolute Gasteiger partial charge is 0.313 e. The number of carbonyl (C=O) groups is 2. The molecule has 0 radical (unpaired) electrons. The summed E-state index contributed by atoms with van der Waals surface area (Å²) in [5.41, 5.74) is 11.6. The SMILES string of the molecule is CC(c1ccc2scnc2c1)N(C(=O)C(=O)Nc1cnc(N)c2c1COC2)C(C)C1CCOCC1. The van der Waals surface area contributed by atoms with Gasteiger partial charge in [0.15, 0.2) is 0 Å². The van der Waals surface area contributed by atoms with Gasteiger partial charge in [-0.15, -0.1) is 11.3 Å². The van der Waals surface area contributed by atoms with Crippen molar-refractivity contribution in [3.05, 3.63) is 46.6 Å². The van der Waals surface area contributed by atoms with E-state index in [1.54, 1.807) is 16.2 Å². The molecule has 2 aromatic heterocycles. The second-order valence-electron chi connectivity index (χ2n) is 9.12. The van der Waals surface area contributed by atoms with E-state index in [4.69, 9.17) is 15.2 Å². The first kappa shape index (κ1) is 23.7. The van der Waals surface area contributed by atoms with Crippen molar-refractivity contribution in [1.29, 1.82) is 0 Å². The van der Waals surface area contributed by atoms with E-state index in [-0.39, 0.29) is 18.0 Å². The molecule has 0 bridgehead atoms. The van der Waals surface area contributed by atoms with E-state index in [0.29, 0.717) is 37.9 Å². The molecule has 3 N–H and O–H groups in total. The first-order valence-electron chi connectivity index (χ1n) is 11.8. The van der Waals surface area contributed by atoms with Crippen molar-refractivity contribution in [3.63, 3.8) is 0 Å². The summed E-state index contributed by atoms with van der Waals surface area (Å²) < 4.78 is 12.1. The molecule has 10 heteroatoms. The Morgan fingerprint density at radius 1 is 1.14 bits per heavy atom. The predicted molar refractivity (Wildman–Crippen MR) is 134 cm³/mol. The van der Waals surface area contributed by atoms with Crippen LogP contribution in [0.2, 0.25) is 0 Å². The van der Waals surface area contributed by atoms with Gasteiger partial charge in [0.2, 0.25) is 0 Å². The molecule has 2 aliphatic rings. The molecule has 2 unspecified atom stereocenters. The molecule has 3 aromatic rings. The number of anilines is 2. The number of hydrogen-bond donors (Lipinski definition) is 2. The van der Waals surface area contributed by atoms with E-state index in [1.807, 2.05) is 37.6 Å². The Labute approximate surface area is 207 Å². The van der Waals surface area contributed by atoms with Crippen LogP contribution in [0.1, 0.15) is 49.4 Å². The molecule has 2 aliphatic heterocycles. The molecule has 1 fully saturated rings. The third-order valence-corrected chi connectivity index (χ3v) is 7.95. The van der Waals surface area contributed by atoms with Gasteiger partial charge < -0.3 is 25.4 Å². The number of nitrogens with one attached hydrogen (secondary N) is 1. The maximum absolute atomic E-state index is 13.7. The second kappa shape index (κ2) is 9.88. The highest BCUT2D eigenvalue weighted by Gasteiger charge is 2.36. The van der Waals surface area contributed by atoms with Gasteiger partial charge in [0.1, 0.15) is 5.82 Å². The van der Waals surface area contributed by atoms with E-state index in [0.717, 1.165) is 39.7 Å². The number of thiazole rings is 1. The fraction of sp³-hybridized carbons (Fsp3) is 0.440. The van der Waals surface area contributed by atoms with E-state index in [2.05, 4.69) is 15.3 Å². The lowest BCUT2D eigenvalue weighted by Crippen LogP contribution is -2.49. The Hall–Kier alpha value is -3.08. The highest BCUT2D eigenvalue weighted by molar-refractivity contribution is 7.16. The Kier molecular flexibility index (Phi) is 6.68. The van der Waals surface area contributed by atoms with Crippen molar-refractivity contribution < 1.29 is 19.1 Å².